The van der Waals surface area contributed by atoms with Gasteiger partial charge in [-0.1, -0.05) is 0 Å². The minimum atomic E-state index is 0.690. The fourth-order valence-electron chi connectivity index (χ4n) is 0.775. The maximum absolute atomic E-state index is 10.7. The highest BCUT2D eigenvalue weighted by Crippen LogP contribution is 2.16. The van der Waals surface area contributed by atoms with E-state index < -0.39 is 0 Å². The minimum Gasteiger partial charge on any atom is -0.618 e. The predicted molar refractivity (Wildman–Crippen MR) is 41.4 cm³/mol. The van der Waals surface area contributed by atoms with Crippen LogP contribution in [0.25, 0.3) is 0 Å². The van der Waals surface area contributed by atoms with Crippen molar-refractivity contribution < 1.29 is 4.73 Å². The normalized spacial score (nSPS) is 9.90. The number of hydrogen-bond acceptors (Lipinski definition) is 1. The van der Waals surface area contributed by atoms with Gasteiger partial charge in [-0.3, -0.25) is 0 Å². The Balaban J connectivity index is 3.31. The number of rotatable bonds is 0. The summed E-state index contributed by atoms with van der Waals surface area (Å²) >= 11 is 3.33. The minimum absolute atomic E-state index is 0.690. The van der Waals surface area contributed by atoms with E-state index in [-0.39, 0.29) is 0 Å². The molecule has 0 N–H and O–H groups in total. The monoisotopic (exact) mass is 200 g/mol. The van der Waals surface area contributed by atoms with Crippen LogP contribution < -0.4 is 4.73 Å². The van der Waals surface area contributed by atoms with Crippen LogP contribution in [0.3, 0.4) is 0 Å². The summed E-state index contributed by atoms with van der Waals surface area (Å²) in [5, 5.41) is 10.7. The fraction of sp³-hybridized carbons (Fsp3) is 0.286. The molecule has 1 aromatic heterocycles. The van der Waals surface area contributed by atoms with E-state index in [4.69, 9.17) is 0 Å². The largest absolute Gasteiger partial charge is 0.618 e. The zero-order valence-corrected chi connectivity index (χ0v) is 7.40. The first kappa shape index (κ1) is 7.54. The number of halogens is 1. The summed E-state index contributed by atoms with van der Waals surface area (Å²) in [5.74, 6) is 0. The van der Waals surface area contributed by atoms with Crippen molar-refractivity contribution in [1.82, 2.24) is 0 Å². The summed E-state index contributed by atoms with van der Waals surface area (Å²) in [6.07, 6.45) is 4.08. The summed E-state index contributed by atoms with van der Waals surface area (Å²) in [6.45, 7) is 3.71. The van der Waals surface area contributed by atoms with Gasteiger partial charge in [0.2, 0.25) is 0 Å². The third kappa shape index (κ3) is 1.29. The lowest BCUT2D eigenvalue weighted by molar-refractivity contribution is -0.610. The second kappa shape index (κ2) is 2.58. The molecule has 0 aliphatic carbocycles. The number of pyridine rings is 1. The Morgan fingerprint density at radius 1 is 1.60 bits per heavy atom. The van der Waals surface area contributed by atoms with Gasteiger partial charge < -0.3 is 5.21 Å². The van der Waals surface area contributed by atoms with E-state index >= 15 is 0 Å². The summed E-state index contributed by atoms with van der Waals surface area (Å²) in [7, 11) is 0. The maximum Gasteiger partial charge on any atom is 0.294 e. The molecule has 0 aliphatic heterocycles. The van der Waals surface area contributed by atoms with Crippen LogP contribution in [-0.4, -0.2) is 0 Å². The number of aromatic nitrogens is 1. The molecule has 0 saturated heterocycles. The van der Waals surface area contributed by atoms with Crippen LogP contribution in [0, 0.1) is 25.3 Å². The van der Waals surface area contributed by atoms with E-state index in [0.717, 1.165) is 15.6 Å². The predicted octanol–water partition coefficient (Wildman–Crippen LogP) is 1.50. The topological polar surface area (TPSA) is 26.9 Å². The van der Waals surface area contributed by atoms with Crippen molar-refractivity contribution in [3.63, 3.8) is 0 Å². The van der Waals surface area contributed by atoms with Gasteiger partial charge >= 0.3 is 0 Å². The molecule has 2 nitrogen and oxygen atoms in total. The molecule has 0 saturated carbocycles. The first-order valence-electron chi connectivity index (χ1n) is 2.89. The second-order valence-electron chi connectivity index (χ2n) is 2.19. The Bertz CT molecular complexity index is 237. The van der Waals surface area contributed by atoms with Gasteiger partial charge in [-0.05, 0) is 29.8 Å². The van der Waals surface area contributed by atoms with Gasteiger partial charge in [-0.15, -0.1) is 0 Å². The van der Waals surface area contributed by atoms with Crippen LogP contribution in [0.1, 0.15) is 11.1 Å². The van der Waals surface area contributed by atoms with E-state index in [2.05, 4.69) is 22.1 Å². The Labute approximate surface area is 68.2 Å². The summed E-state index contributed by atoms with van der Waals surface area (Å²) < 4.78 is 1.65. The lowest BCUT2D eigenvalue weighted by atomic mass is 10.2. The van der Waals surface area contributed by atoms with Gasteiger partial charge in [-0.25, -0.2) is 0 Å². The molecule has 0 unspecified atom stereocenters. The average molecular weight is 201 g/mol. The highest BCUT2D eigenvalue weighted by Gasteiger charge is 2.04. The highest BCUT2D eigenvalue weighted by molar-refractivity contribution is 9.10. The van der Waals surface area contributed by atoms with Crippen LogP contribution in [-0.2, 0) is 0 Å². The Hall–Kier alpha value is -0.570. The first-order valence-corrected chi connectivity index (χ1v) is 3.69. The van der Waals surface area contributed by atoms with Crippen LogP contribution in [0.15, 0.2) is 10.7 Å². The fourth-order valence-corrected chi connectivity index (χ4v) is 0.966. The molecule has 10 heavy (non-hydrogen) atoms. The standard InChI is InChI=1S/C7H7BrNO/c1-5-3-9(10)4-6(2)7(5)8/h3H,1-2H3. The molecule has 0 aromatic carbocycles. The molecule has 1 aromatic rings. The van der Waals surface area contributed by atoms with Crippen molar-refractivity contribution in [1.29, 1.82) is 0 Å². The smallest absolute Gasteiger partial charge is 0.294 e. The molecule has 0 atom stereocenters. The molecule has 53 valence electrons. The molecule has 0 fully saturated rings. The molecule has 0 amide bonds. The summed E-state index contributed by atoms with van der Waals surface area (Å²) in [6, 6.07) is 0. The lowest BCUT2D eigenvalue weighted by Crippen LogP contribution is -2.26. The van der Waals surface area contributed by atoms with Crippen LogP contribution >= 0.6 is 15.9 Å². The van der Waals surface area contributed by atoms with Gasteiger partial charge in [0, 0.05) is 15.6 Å². The molecule has 3 heteroatoms. The van der Waals surface area contributed by atoms with E-state index in [1.807, 2.05) is 13.8 Å². The van der Waals surface area contributed by atoms with Crippen molar-refractivity contribution in [2.24, 2.45) is 0 Å². The van der Waals surface area contributed by atoms with E-state index in [9.17, 15) is 5.21 Å². The molecule has 1 rings (SSSR count). The Morgan fingerprint density at radius 2 is 2.20 bits per heavy atom. The number of hydrogen-bond donors (Lipinski definition) is 0. The summed E-state index contributed by atoms with van der Waals surface area (Å²) in [4.78, 5) is 0. The van der Waals surface area contributed by atoms with Crippen LogP contribution in [0.5, 0.6) is 0 Å². The molecule has 1 heterocycles. The van der Waals surface area contributed by atoms with Gasteiger partial charge in [0.05, 0.1) is 0 Å². The third-order valence-electron chi connectivity index (χ3n) is 1.26. The van der Waals surface area contributed by atoms with E-state index in [1.54, 1.807) is 0 Å². The molecule has 1 radical (unpaired) electrons. The third-order valence-corrected chi connectivity index (χ3v) is 2.48. The van der Waals surface area contributed by atoms with Crippen molar-refractivity contribution in [3.05, 3.63) is 33.2 Å². The van der Waals surface area contributed by atoms with E-state index in [0.29, 0.717) is 4.73 Å². The van der Waals surface area contributed by atoms with Gasteiger partial charge in [-0.2, -0.15) is 4.73 Å². The molecular weight excluding hydrogens is 194 g/mol. The van der Waals surface area contributed by atoms with Gasteiger partial charge in [0.1, 0.15) is 0 Å². The summed E-state index contributed by atoms with van der Waals surface area (Å²) in [5.41, 5.74) is 1.78. The second-order valence-corrected chi connectivity index (χ2v) is 2.98. The first-order chi connectivity index (χ1) is 4.61. The number of nitrogens with zero attached hydrogens (tertiary/aromatic N) is 1. The Kier molecular flexibility index (Phi) is 1.94. The zero-order chi connectivity index (χ0) is 7.72. The van der Waals surface area contributed by atoms with Crippen molar-refractivity contribution in [2.75, 3.05) is 0 Å². The zero-order valence-electron chi connectivity index (χ0n) is 5.81. The average Bonchev–Trinajstić information content (AvgIpc) is 1.82. The van der Waals surface area contributed by atoms with Gasteiger partial charge in [0.15, 0.2) is 6.20 Å². The van der Waals surface area contributed by atoms with Crippen molar-refractivity contribution in [2.45, 2.75) is 13.8 Å². The molecule has 0 bridgehead atoms. The maximum atomic E-state index is 10.7. The lowest BCUT2D eigenvalue weighted by Gasteiger charge is -2.00. The van der Waals surface area contributed by atoms with Gasteiger partial charge in [0.25, 0.3) is 6.20 Å². The van der Waals surface area contributed by atoms with Crippen LogP contribution in [0.4, 0.5) is 0 Å². The number of aryl methyl sites for hydroxylation is 2. The van der Waals surface area contributed by atoms with Crippen molar-refractivity contribution in [3.8, 4) is 0 Å². The molecule has 0 aliphatic rings. The van der Waals surface area contributed by atoms with E-state index in [1.165, 1.54) is 6.20 Å². The van der Waals surface area contributed by atoms with Crippen LogP contribution in [0.2, 0.25) is 0 Å². The molecular formula is C7H7BrNO. The molecule has 0 spiro atoms. The SMILES string of the molecule is Cc1[c][n+]([O-])cc(C)c1Br. The Morgan fingerprint density at radius 3 is 2.70 bits per heavy atom. The quantitative estimate of drug-likeness (QED) is 0.461. The highest BCUT2D eigenvalue weighted by atomic mass is 79.9. The van der Waals surface area contributed by atoms with Crippen molar-refractivity contribution >= 4 is 15.9 Å².